The number of amides is 1. The number of carbonyl (C=O) groups excluding carboxylic acids is 1. The second-order valence-corrected chi connectivity index (χ2v) is 8.64. The minimum absolute atomic E-state index is 0.247. The minimum atomic E-state index is -2.42. The van der Waals surface area contributed by atoms with Crippen LogP contribution in [0.1, 0.15) is 26.7 Å². The highest BCUT2D eigenvalue weighted by Gasteiger charge is 2.36. The summed E-state index contributed by atoms with van der Waals surface area (Å²) in [7, 11) is 2.48. The summed E-state index contributed by atoms with van der Waals surface area (Å²) < 4.78 is 16.1. The van der Waals surface area contributed by atoms with Gasteiger partial charge < -0.3 is 18.2 Å². The predicted octanol–water partition coefficient (Wildman–Crippen LogP) is 2.25. The summed E-state index contributed by atoms with van der Waals surface area (Å²) in [6, 6.07) is 0.813. The summed E-state index contributed by atoms with van der Waals surface area (Å²) in [5.41, 5.74) is 0. The van der Waals surface area contributed by atoms with E-state index in [9.17, 15) is 4.79 Å². The molecule has 0 aliphatic rings. The third-order valence-corrected chi connectivity index (χ3v) is 7.18. The molecular formula is C13H29NO4SSi. The van der Waals surface area contributed by atoms with Crippen LogP contribution in [0.2, 0.25) is 6.04 Å². The first kappa shape index (κ1) is 19.9. The second-order valence-electron chi connectivity index (χ2n) is 4.33. The molecule has 0 heterocycles. The second kappa shape index (κ2) is 11.6. The molecule has 0 unspecified atom stereocenters. The van der Waals surface area contributed by atoms with E-state index in [4.69, 9.17) is 13.3 Å². The van der Waals surface area contributed by atoms with E-state index >= 15 is 0 Å². The molecule has 0 spiro atoms. The van der Waals surface area contributed by atoms with Gasteiger partial charge in [-0.25, -0.2) is 0 Å². The van der Waals surface area contributed by atoms with Gasteiger partial charge in [-0.05, 0) is 26.0 Å². The molecule has 0 aromatic heterocycles. The first-order chi connectivity index (χ1) is 9.59. The maximum atomic E-state index is 11.8. The fraction of sp³-hybridized carbons (Fsp3) is 0.923. The molecule has 0 aromatic rings. The Balaban J connectivity index is 3.75. The number of thioether (sulfide) groups is 1. The quantitative estimate of drug-likeness (QED) is 0.407. The lowest BCUT2D eigenvalue weighted by molar-refractivity contribution is -0.130. The number of hydrogen-bond donors (Lipinski definition) is 0. The van der Waals surface area contributed by atoms with E-state index in [-0.39, 0.29) is 5.91 Å². The van der Waals surface area contributed by atoms with Gasteiger partial charge in [0.25, 0.3) is 0 Å². The molecule has 7 heteroatoms. The Kier molecular flexibility index (Phi) is 11.5. The first-order valence-corrected chi connectivity index (χ1v) is 10.2. The van der Waals surface area contributed by atoms with Crippen LogP contribution < -0.4 is 0 Å². The summed E-state index contributed by atoms with van der Waals surface area (Å²) >= 11 is 1.80. The van der Waals surface area contributed by atoms with Crippen molar-refractivity contribution in [3.8, 4) is 0 Å². The molecule has 0 aliphatic heterocycles. The Bertz CT molecular complexity index is 252. The van der Waals surface area contributed by atoms with Crippen molar-refractivity contribution < 1.29 is 18.1 Å². The molecule has 0 aliphatic carbocycles. The summed E-state index contributed by atoms with van der Waals surface area (Å²) in [5.74, 6) is 2.12. The molecule has 0 saturated carbocycles. The van der Waals surface area contributed by atoms with Gasteiger partial charge in [0, 0.05) is 52.6 Å². The zero-order valence-electron chi connectivity index (χ0n) is 13.4. The first-order valence-electron chi connectivity index (χ1n) is 7.10. The highest BCUT2D eigenvalue weighted by atomic mass is 32.2. The van der Waals surface area contributed by atoms with Gasteiger partial charge in [0.15, 0.2) is 0 Å². The molecule has 0 atom stereocenters. The fourth-order valence-electron chi connectivity index (χ4n) is 1.94. The van der Waals surface area contributed by atoms with E-state index in [2.05, 4.69) is 0 Å². The SMILES string of the molecule is CCN(CC)C(=O)CCSCCC[Si](OC)(OC)OC. The normalized spacial score (nSPS) is 11.7. The van der Waals surface area contributed by atoms with Gasteiger partial charge in [-0.3, -0.25) is 4.79 Å². The van der Waals surface area contributed by atoms with Crippen molar-refractivity contribution in [3.63, 3.8) is 0 Å². The molecule has 0 fully saturated rings. The van der Waals surface area contributed by atoms with Crippen molar-refractivity contribution in [2.24, 2.45) is 0 Å². The zero-order valence-corrected chi connectivity index (χ0v) is 15.3. The maximum absolute atomic E-state index is 11.8. The standard InChI is InChI=1S/C13H29NO4SSi/c1-6-14(7-2)13(15)9-11-19-10-8-12-20(16-3,17-4)18-5/h6-12H2,1-5H3. The van der Waals surface area contributed by atoms with Gasteiger partial charge in [-0.2, -0.15) is 11.8 Å². The highest BCUT2D eigenvalue weighted by molar-refractivity contribution is 7.99. The summed E-state index contributed by atoms with van der Waals surface area (Å²) in [6.07, 6.45) is 1.60. The molecule has 120 valence electrons. The van der Waals surface area contributed by atoms with E-state index in [1.165, 1.54) is 0 Å². The minimum Gasteiger partial charge on any atom is -0.377 e. The van der Waals surface area contributed by atoms with Crippen LogP contribution in [0.5, 0.6) is 0 Å². The van der Waals surface area contributed by atoms with E-state index in [1.54, 1.807) is 33.1 Å². The third-order valence-electron chi connectivity index (χ3n) is 3.28. The Labute approximate surface area is 128 Å². The van der Waals surface area contributed by atoms with E-state index in [0.717, 1.165) is 37.1 Å². The molecule has 1 amide bonds. The smallest absolute Gasteiger partial charge is 0.377 e. The van der Waals surface area contributed by atoms with Gasteiger partial charge in [0.05, 0.1) is 0 Å². The molecule has 0 saturated heterocycles. The van der Waals surface area contributed by atoms with Crippen LogP contribution in [-0.2, 0) is 18.1 Å². The number of rotatable bonds is 12. The van der Waals surface area contributed by atoms with Crippen molar-refractivity contribution >= 4 is 26.5 Å². The molecule has 20 heavy (non-hydrogen) atoms. The summed E-state index contributed by atoms with van der Waals surface area (Å²) in [4.78, 5) is 13.7. The van der Waals surface area contributed by atoms with Crippen LogP contribution in [0.15, 0.2) is 0 Å². The van der Waals surface area contributed by atoms with Crippen LogP contribution >= 0.6 is 11.8 Å². The number of carbonyl (C=O) groups is 1. The van der Waals surface area contributed by atoms with Crippen LogP contribution in [0.3, 0.4) is 0 Å². The predicted molar refractivity (Wildman–Crippen MR) is 86.1 cm³/mol. The lowest BCUT2D eigenvalue weighted by Gasteiger charge is -2.24. The van der Waals surface area contributed by atoms with Gasteiger partial charge in [0.1, 0.15) is 0 Å². The number of hydrogen-bond acceptors (Lipinski definition) is 5. The molecule has 0 bridgehead atoms. The van der Waals surface area contributed by atoms with E-state index in [0.29, 0.717) is 6.42 Å². The van der Waals surface area contributed by atoms with Gasteiger partial charge in [-0.15, -0.1) is 0 Å². The topological polar surface area (TPSA) is 48.0 Å². The summed E-state index contributed by atoms with van der Waals surface area (Å²) in [5, 5.41) is 0. The average molecular weight is 324 g/mol. The molecular weight excluding hydrogens is 294 g/mol. The summed E-state index contributed by atoms with van der Waals surface area (Å²) in [6.45, 7) is 5.62. The molecule has 5 nitrogen and oxygen atoms in total. The van der Waals surface area contributed by atoms with Crippen molar-refractivity contribution in [2.45, 2.75) is 32.7 Å². The largest absolute Gasteiger partial charge is 0.500 e. The van der Waals surface area contributed by atoms with Crippen molar-refractivity contribution in [3.05, 3.63) is 0 Å². The zero-order chi connectivity index (χ0) is 15.4. The van der Waals surface area contributed by atoms with Crippen LogP contribution in [0, 0.1) is 0 Å². The van der Waals surface area contributed by atoms with Crippen molar-refractivity contribution in [1.82, 2.24) is 4.90 Å². The molecule has 0 radical (unpaired) electrons. The molecule has 0 rings (SSSR count). The Morgan fingerprint density at radius 2 is 1.60 bits per heavy atom. The molecule has 0 N–H and O–H groups in total. The average Bonchev–Trinajstić information content (AvgIpc) is 2.48. The Morgan fingerprint density at radius 1 is 1.05 bits per heavy atom. The van der Waals surface area contributed by atoms with Crippen molar-refractivity contribution in [2.75, 3.05) is 45.9 Å². The maximum Gasteiger partial charge on any atom is 0.500 e. The van der Waals surface area contributed by atoms with Crippen LogP contribution in [0.4, 0.5) is 0 Å². The van der Waals surface area contributed by atoms with Crippen molar-refractivity contribution in [1.29, 1.82) is 0 Å². The Morgan fingerprint density at radius 3 is 2.05 bits per heavy atom. The van der Waals surface area contributed by atoms with Gasteiger partial charge in [0.2, 0.25) is 5.91 Å². The third kappa shape index (κ3) is 7.08. The van der Waals surface area contributed by atoms with E-state index in [1.807, 2.05) is 18.7 Å². The van der Waals surface area contributed by atoms with Crippen LogP contribution in [0.25, 0.3) is 0 Å². The van der Waals surface area contributed by atoms with Crippen LogP contribution in [-0.4, -0.2) is 65.5 Å². The number of nitrogens with zero attached hydrogens (tertiary/aromatic N) is 1. The monoisotopic (exact) mass is 323 g/mol. The fourth-order valence-corrected chi connectivity index (χ4v) is 4.79. The lowest BCUT2D eigenvalue weighted by Crippen LogP contribution is -2.42. The Hall–Kier alpha value is -0.0831. The van der Waals surface area contributed by atoms with Gasteiger partial charge >= 0.3 is 8.80 Å². The highest BCUT2D eigenvalue weighted by Crippen LogP contribution is 2.17. The lowest BCUT2D eigenvalue weighted by atomic mass is 10.4. The molecule has 0 aromatic carbocycles. The van der Waals surface area contributed by atoms with Gasteiger partial charge in [-0.1, -0.05) is 0 Å². The van der Waals surface area contributed by atoms with E-state index < -0.39 is 8.80 Å².